The molecule has 2 aromatic carbocycles. The Kier molecular flexibility index (Phi) is 9.18. The molecule has 172 valence electrons. The zero-order valence-corrected chi connectivity index (χ0v) is 20.4. The molecule has 0 aliphatic heterocycles. The monoisotopic (exact) mass is 436 g/mol. The molecule has 0 atom stereocenters. The van der Waals surface area contributed by atoms with E-state index in [-0.39, 0.29) is 23.6 Å². The summed E-state index contributed by atoms with van der Waals surface area (Å²) in [6.45, 7) is 13.3. The van der Waals surface area contributed by atoms with Crippen molar-refractivity contribution in [2.24, 2.45) is 5.92 Å². The zero-order chi connectivity index (χ0) is 23.7. The predicted octanol–water partition coefficient (Wildman–Crippen LogP) is 6.19. The molecule has 3 aromatic rings. The maximum absolute atomic E-state index is 10.9. The van der Waals surface area contributed by atoms with Crippen LogP contribution in [-0.4, -0.2) is 27.6 Å². The smallest absolute Gasteiger partial charge is 0.308 e. The Hall–Kier alpha value is -2.95. The normalized spacial score (nSPS) is 11.3. The van der Waals surface area contributed by atoms with Gasteiger partial charge in [-0.2, -0.15) is 0 Å². The number of hydrogen-bond donors (Lipinski definition) is 0. The molecular weight excluding hydrogens is 400 g/mol. The van der Waals surface area contributed by atoms with Crippen molar-refractivity contribution in [1.29, 1.82) is 0 Å². The highest BCUT2D eigenvalue weighted by Crippen LogP contribution is 2.21. The van der Waals surface area contributed by atoms with Crippen LogP contribution in [0.1, 0.15) is 59.7 Å². The van der Waals surface area contributed by atoms with Crippen LogP contribution in [0.25, 0.3) is 11.0 Å². The lowest BCUT2D eigenvalue weighted by Crippen LogP contribution is -2.26. The second-order valence-corrected chi connectivity index (χ2v) is 9.30. The zero-order valence-electron chi connectivity index (χ0n) is 20.4. The van der Waals surface area contributed by atoms with Crippen LogP contribution in [0.5, 0.6) is 5.88 Å². The Morgan fingerprint density at radius 2 is 1.41 bits per heavy atom. The largest absolute Gasteiger partial charge is 0.474 e. The average molecular weight is 437 g/mol. The van der Waals surface area contributed by atoms with Crippen LogP contribution in [0.15, 0.2) is 54.6 Å². The number of carbonyl (C=O) groups excluding carboxylic acids is 1. The van der Waals surface area contributed by atoms with E-state index < -0.39 is 0 Å². The lowest BCUT2D eigenvalue weighted by atomic mass is 10.1. The molecule has 0 amide bonds. The third-order valence-electron chi connectivity index (χ3n) is 4.32. The summed E-state index contributed by atoms with van der Waals surface area (Å²) >= 11 is 0. The molecule has 0 bridgehead atoms. The SMILES string of the molecule is CC(C)C(=O)OC(C)(C)C.CC(C)Oc1nc2ccccc2nc1CCc1ccccc1. The molecule has 0 unspecified atom stereocenters. The van der Waals surface area contributed by atoms with E-state index in [1.165, 1.54) is 5.56 Å². The van der Waals surface area contributed by atoms with Crippen molar-refractivity contribution in [3.63, 3.8) is 0 Å². The molecule has 1 aromatic heterocycles. The highest BCUT2D eigenvalue weighted by molar-refractivity contribution is 5.74. The van der Waals surface area contributed by atoms with Gasteiger partial charge < -0.3 is 9.47 Å². The maximum atomic E-state index is 10.9. The van der Waals surface area contributed by atoms with Gasteiger partial charge in [0.1, 0.15) is 11.3 Å². The van der Waals surface area contributed by atoms with Crippen LogP contribution in [0.3, 0.4) is 0 Å². The summed E-state index contributed by atoms with van der Waals surface area (Å²) in [6.07, 6.45) is 1.84. The summed E-state index contributed by atoms with van der Waals surface area (Å²) in [5, 5.41) is 0. The Bertz CT molecular complexity index is 993. The third-order valence-corrected chi connectivity index (χ3v) is 4.32. The molecule has 0 spiro atoms. The predicted molar refractivity (Wildman–Crippen MR) is 130 cm³/mol. The van der Waals surface area contributed by atoms with Crippen molar-refractivity contribution in [3.8, 4) is 5.88 Å². The molecule has 1 heterocycles. The Morgan fingerprint density at radius 1 is 0.844 bits per heavy atom. The number of aryl methyl sites for hydroxylation is 2. The van der Waals surface area contributed by atoms with Gasteiger partial charge in [-0.15, -0.1) is 0 Å². The number of para-hydroxylation sites is 2. The molecule has 0 fully saturated rings. The number of nitrogens with zero attached hydrogens (tertiary/aromatic N) is 2. The number of aromatic nitrogens is 2. The van der Waals surface area contributed by atoms with Gasteiger partial charge >= 0.3 is 5.97 Å². The number of fused-ring (bicyclic) bond motifs is 1. The van der Waals surface area contributed by atoms with Gasteiger partial charge in [-0.05, 0) is 65.2 Å². The van der Waals surface area contributed by atoms with Crippen LogP contribution in [0.2, 0.25) is 0 Å². The Morgan fingerprint density at radius 3 is 1.91 bits per heavy atom. The Balaban J connectivity index is 0.000000309. The summed E-state index contributed by atoms with van der Waals surface area (Å²) in [6, 6.07) is 18.4. The lowest BCUT2D eigenvalue weighted by molar-refractivity contribution is -0.158. The van der Waals surface area contributed by atoms with E-state index in [2.05, 4.69) is 29.2 Å². The van der Waals surface area contributed by atoms with Gasteiger partial charge in [0.25, 0.3) is 0 Å². The van der Waals surface area contributed by atoms with Gasteiger partial charge in [0.2, 0.25) is 5.88 Å². The van der Waals surface area contributed by atoms with Crippen molar-refractivity contribution < 1.29 is 14.3 Å². The molecule has 0 saturated heterocycles. The topological polar surface area (TPSA) is 61.3 Å². The van der Waals surface area contributed by atoms with Crippen molar-refractivity contribution in [1.82, 2.24) is 9.97 Å². The lowest BCUT2D eigenvalue weighted by Gasteiger charge is -2.20. The van der Waals surface area contributed by atoms with Crippen molar-refractivity contribution >= 4 is 17.0 Å². The van der Waals surface area contributed by atoms with E-state index in [4.69, 9.17) is 14.5 Å². The summed E-state index contributed by atoms with van der Waals surface area (Å²) in [5.74, 6) is 0.497. The first kappa shape index (κ1) is 25.3. The fraction of sp³-hybridized carbons (Fsp3) is 0.444. The van der Waals surface area contributed by atoms with Crippen LogP contribution in [0, 0.1) is 5.92 Å². The molecule has 0 aliphatic carbocycles. The molecular formula is C27H36N2O3. The third kappa shape index (κ3) is 8.66. The minimum Gasteiger partial charge on any atom is -0.474 e. The first-order valence-corrected chi connectivity index (χ1v) is 11.2. The van der Waals surface area contributed by atoms with E-state index in [9.17, 15) is 4.79 Å². The van der Waals surface area contributed by atoms with Crippen molar-refractivity contribution in [2.45, 2.75) is 73.0 Å². The highest BCUT2D eigenvalue weighted by Gasteiger charge is 2.18. The van der Waals surface area contributed by atoms with Gasteiger partial charge in [-0.3, -0.25) is 4.79 Å². The fourth-order valence-electron chi connectivity index (χ4n) is 2.83. The maximum Gasteiger partial charge on any atom is 0.308 e. The van der Waals surface area contributed by atoms with Crippen LogP contribution in [0.4, 0.5) is 0 Å². The number of esters is 1. The van der Waals surface area contributed by atoms with Crippen molar-refractivity contribution in [3.05, 3.63) is 65.9 Å². The fourth-order valence-corrected chi connectivity index (χ4v) is 2.83. The summed E-state index contributed by atoms with van der Waals surface area (Å²) < 4.78 is 10.9. The molecule has 0 saturated carbocycles. The molecule has 5 nitrogen and oxygen atoms in total. The quantitative estimate of drug-likeness (QED) is 0.431. The van der Waals surface area contributed by atoms with Gasteiger partial charge in [0, 0.05) is 0 Å². The second kappa shape index (κ2) is 11.6. The summed E-state index contributed by atoms with van der Waals surface area (Å²) in [4.78, 5) is 20.3. The second-order valence-electron chi connectivity index (χ2n) is 9.30. The number of benzene rings is 2. The van der Waals surface area contributed by atoms with Crippen LogP contribution in [-0.2, 0) is 22.4 Å². The van der Waals surface area contributed by atoms with E-state index in [0.29, 0.717) is 5.88 Å². The number of rotatable bonds is 6. The van der Waals surface area contributed by atoms with Gasteiger partial charge in [0.05, 0.1) is 23.1 Å². The van der Waals surface area contributed by atoms with E-state index in [0.717, 1.165) is 29.6 Å². The molecule has 32 heavy (non-hydrogen) atoms. The Labute approximate surface area is 192 Å². The number of carbonyl (C=O) groups is 1. The van der Waals surface area contributed by atoms with Gasteiger partial charge in [0.15, 0.2) is 0 Å². The molecule has 0 N–H and O–H groups in total. The minimum atomic E-state index is -0.346. The molecule has 5 heteroatoms. The van der Waals surface area contributed by atoms with Crippen molar-refractivity contribution in [2.75, 3.05) is 0 Å². The average Bonchev–Trinajstić information content (AvgIpc) is 2.72. The summed E-state index contributed by atoms with van der Waals surface area (Å²) in [7, 11) is 0. The van der Waals surface area contributed by atoms with Crippen LogP contribution >= 0.6 is 0 Å². The van der Waals surface area contributed by atoms with E-state index in [1.54, 1.807) is 0 Å². The number of hydrogen-bond acceptors (Lipinski definition) is 5. The van der Waals surface area contributed by atoms with E-state index >= 15 is 0 Å². The van der Waals surface area contributed by atoms with Gasteiger partial charge in [-0.1, -0.05) is 56.3 Å². The molecule has 0 radical (unpaired) electrons. The highest BCUT2D eigenvalue weighted by atomic mass is 16.6. The summed E-state index contributed by atoms with van der Waals surface area (Å²) in [5.41, 5.74) is 3.67. The van der Waals surface area contributed by atoms with E-state index in [1.807, 2.05) is 78.8 Å². The molecule has 0 aliphatic rings. The van der Waals surface area contributed by atoms with Crippen LogP contribution < -0.4 is 4.74 Å². The number of ether oxygens (including phenoxy) is 2. The molecule has 3 rings (SSSR count). The first-order chi connectivity index (χ1) is 15.0. The standard InChI is InChI=1S/C19H20N2O.C8H16O2/c1-14(2)22-19-18(13-12-15-8-4-3-5-9-15)20-16-10-6-7-11-17(16)21-19;1-6(2)7(9)10-8(3,4)5/h3-11,14H,12-13H2,1-2H3;6H,1-5H3. The first-order valence-electron chi connectivity index (χ1n) is 11.2. The van der Waals surface area contributed by atoms with Gasteiger partial charge in [-0.25, -0.2) is 9.97 Å². The minimum absolute atomic E-state index is 0.0285.